The highest BCUT2D eigenvalue weighted by Gasteiger charge is 2.34. The molecule has 2 aromatic rings. The summed E-state index contributed by atoms with van der Waals surface area (Å²) >= 11 is 0. The first-order valence-corrected chi connectivity index (χ1v) is 10.0. The number of phenols is 1. The molecule has 162 valence electrons. The number of hydrogen-bond acceptors (Lipinski definition) is 6. The Bertz CT molecular complexity index is 917. The number of likely N-dealkylation sites (N-methyl/N-ethyl adjacent to an activating group) is 1. The highest BCUT2D eigenvalue weighted by molar-refractivity contribution is 5.72. The van der Waals surface area contributed by atoms with Crippen molar-refractivity contribution in [3.63, 3.8) is 0 Å². The third kappa shape index (κ3) is 3.96. The fourth-order valence-electron chi connectivity index (χ4n) is 4.62. The molecule has 30 heavy (non-hydrogen) atoms. The van der Waals surface area contributed by atoms with E-state index in [0.29, 0.717) is 24.2 Å². The van der Waals surface area contributed by atoms with Crippen LogP contribution in [-0.4, -0.2) is 64.1 Å². The molecule has 0 saturated carbocycles. The second-order valence-electron chi connectivity index (χ2n) is 8.32. The number of aromatic nitrogens is 2. The summed E-state index contributed by atoms with van der Waals surface area (Å²) in [5, 5.41) is 29.1. The molecule has 0 unspecified atom stereocenters. The molecule has 1 saturated heterocycles. The molecule has 0 spiro atoms. The second-order valence-corrected chi connectivity index (χ2v) is 8.32. The standard InChI is InChI=1S/C21H25F3N4O2/c1-12-6-14(21(22,23)24)8-18(30)19(12)17-7-13-4-3-5-28(20(13)26-25-17)15-9-16(29)11-27(2)10-15/h6-8,15-16,29-30H,3-5,9-11H2,1-2H3/t15-,16+/m1/s1. The molecule has 6 nitrogen and oxygen atoms in total. The van der Waals surface area contributed by atoms with Crippen LogP contribution in [0.4, 0.5) is 19.0 Å². The van der Waals surface area contributed by atoms with Gasteiger partial charge < -0.3 is 20.0 Å². The van der Waals surface area contributed by atoms with Crippen molar-refractivity contribution in [3.05, 3.63) is 34.9 Å². The summed E-state index contributed by atoms with van der Waals surface area (Å²) < 4.78 is 39.0. The third-order valence-electron chi connectivity index (χ3n) is 5.90. The minimum atomic E-state index is -4.53. The Morgan fingerprint density at radius 3 is 2.57 bits per heavy atom. The van der Waals surface area contributed by atoms with Crippen molar-refractivity contribution >= 4 is 5.82 Å². The van der Waals surface area contributed by atoms with Crippen molar-refractivity contribution in [2.45, 2.75) is 44.5 Å². The lowest BCUT2D eigenvalue weighted by Crippen LogP contribution is -2.53. The van der Waals surface area contributed by atoms with E-state index in [-0.39, 0.29) is 11.6 Å². The van der Waals surface area contributed by atoms with Crippen molar-refractivity contribution in [2.24, 2.45) is 0 Å². The first-order valence-electron chi connectivity index (χ1n) is 10.0. The van der Waals surface area contributed by atoms with E-state index in [1.54, 1.807) is 0 Å². The van der Waals surface area contributed by atoms with E-state index < -0.39 is 23.6 Å². The molecule has 0 amide bonds. The van der Waals surface area contributed by atoms with E-state index in [9.17, 15) is 23.4 Å². The van der Waals surface area contributed by atoms with Crippen molar-refractivity contribution in [2.75, 3.05) is 31.6 Å². The van der Waals surface area contributed by atoms with Crippen LogP contribution >= 0.6 is 0 Å². The maximum Gasteiger partial charge on any atom is 0.416 e. The number of β-amino-alcohol motifs (C(OH)–C–C–N with tert-alkyl or cyclic N) is 1. The van der Waals surface area contributed by atoms with Crippen LogP contribution in [0, 0.1) is 6.92 Å². The number of aryl methyl sites for hydroxylation is 2. The molecule has 4 rings (SSSR count). The predicted octanol–water partition coefficient (Wildman–Crippen LogP) is 2.99. The summed E-state index contributed by atoms with van der Waals surface area (Å²) in [6.45, 7) is 3.81. The lowest BCUT2D eigenvalue weighted by molar-refractivity contribution is -0.137. The number of aliphatic hydroxyl groups is 1. The van der Waals surface area contributed by atoms with Crippen LogP contribution in [0.25, 0.3) is 11.3 Å². The molecular weight excluding hydrogens is 397 g/mol. The van der Waals surface area contributed by atoms with Crippen molar-refractivity contribution < 1.29 is 23.4 Å². The van der Waals surface area contributed by atoms with E-state index in [2.05, 4.69) is 20.0 Å². The van der Waals surface area contributed by atoms with Gasteiger partial charge in [-0.15, -0.1) is 10.2 Å². The highest BCUT2D eigenvalue weighted by atomic mass is 19.4. The van der Waals surface area contributed by atoms with E-state index >= 15 is 0 Å². The van der Waals surface area contributed by atoms with Crippen LogP contribution in [0.2, 0.25) is 0 Å². The smallest absolute Gasteiger partial charge is 0.416 e. The molecule has 0 radical (unpaired) electrons. The molecule has 2 aliphatic heterocycles. The van der Waals surface area contributed by atoms with Gasteiger partial charge in [-0.25, -0.2) is 0 Å². The monoisotopic (exact) mass is 422 g/mol. The Morgan fingerprint density at radius 1 is 1.13 bits per heavy atom. The number of aromatic hydroxyl groups is 1. The summed E-state index contributed by atoms with van der Waals surface area (Å²) in [5.41, 5.74) is 0.982. The van der Waals surface area contributed by atoms with Crippen LogP contribution in [0.3, 0.4) is 0 Å². The number of likely N-dealkylation sites (tertiary alicyclic amines) is 1. The van der Waals surface area contributed by atoms with Gasteiger partial charge in [-0.3, -0.25) is 0 Å². The number of hydrogen-bond donors (Lipinski definition) is 2. The maximum absolute atomic E-state index is 13.0. The van der Waals surface area contributed by atoms with Gasteiger partial charge in [0.25, 0.3) is 0 Å². The third-order valence-corrected chi connectivity index (χ3v) is 5.90. The molecular formula is C21H25F3N4O2. The normalized spacial score (nSPS) is 22.8. The number of benzene rings is 1. The Balaban J connectivity index is 1.68. The Kier molecular flexibility index (Phi) is 5.36. The number of nitrogens with zero attached hydrogens (tertiary/aromatic N) is 4. The lowest BCUT2D eigenvalue weighted by Gasteiger charge is -2.42. The quantitative estimate of drug-likeness (QED) is 0.775. The number of aliphatic hydroxyl groups excluding tert-OH is 1. The van der Waals surface area contributed by atoms with Gasteiger partial charge in [-0.05, 0) is 62.6 Å². The van der Waals surface area contributed by atoms with E-state index in [0.717, 1.165) is 49.4 Å². The number of alkyl halides is 3. The Hall–Kier alpha value is -2.39. The van der Waals surface area contributed by atoms with E-state index in [1.165, 1.54) is 6.92 Å². The second kappa shape index (κ2) is 7.70. The van der Waals surface area contributed by atoms with Gasteiger partial charge in [0.1, 0.15) is 5.75 Å². The molecule has 1 aromatic heterocycles. The predicted molar refractivity (Wildman–Crippen MR) is 106 cm³/mol. The average Bonchev–Trinajstić information content (AvgIpc) is 2.65. The zero-order chi connectivity index (χ0) is 21.6. The van der Waals surface area contributed by atoms with Crippen molar-refractivity contribution in [1.82, 2.24) is 15.1 Å². The SMILES string of the molecule is Cc1cc(C(F)(F)F)cc(O)c1-c1cc2c(nn1)N([C@@H]1C[C@H](O)CN(C)C1)CCC2. The number of rotatable bonds is 2. The first kappa shape index (κ1) is 20.9. The van der Waals surface area contributed by atoms with Gasteiger partial charge in [0.2, 0.25) is 0 Å². The van der Waals surface area contributed by atoms with Crippen LogP contribution in [0.15, 0.2) is 18.2 Å². The first-order chi connectivity index (χ1) is 14.1. The summed E-state index contributed by atoms with van der Waals surface area (Å²) in [6.07, 6.45) is -2.57. The molecule has 1 fully saturated rings. The minimum Gasteiger partial charge on any atom is -0.507 e. The largest absolute Gasteiger partial charge is 0.507 e. The van der Waals surface area contributed by atoms with Gasteiger partial charge in [0.15, 0.2) is 5.82 Å². The van der Waals surface area contributed by atoms with Crippen LogP contribution < -0.4 is 4.90 Å². The summed E-state index contributed by atoms with van der Waals surface area (Å²) in [7, 11) is 1.98. The highest BCUT2D eigenvalue weighted by Crippen LogP contribution is 2.39. The van der Waals surface area contributed by atoms with E-state index in [4.69, 9.17) is 0 Å². The number of piperidine rings is 1. The molecule has 3 heterocycles. The number of fused-ring (bicyclic) bond motifs is 1. The Labute approximate surface area is 173 Å². The zero-order valence-electron chi connectivity index (χ0n) is 16.9. The van der Waals surface area contributed by atoms with Crippen molar-refractivity contribution in [3.8, 4) is 17.0 Å². The number of anilines is 1. The number of phenolic OH excluding ortho intramolecular Hbond substituents is 1. The van der Waals surface area contributed by atoms with Crippen molar-refractivity contribution in [1.29, 1.82) is 0 Å². The molecule has 2 N–H and O–H groups in total. The molecule has 2 aliphatic rings. The van der Waals surface area contributed by atoms with Crippen LogP contribution in [0.5, 0.6) is 5.75 Å². The summed E-state index contributed by atoms with van der Waals surface area (Å²) in [4.78, 5) is 4.27. The minimum absolute atomic E-state index is 0.124. The van der Waals surface area contributed by atoms with E-state index in [1.807, 2.05) is 13.1 Å². The summed E-state index contributed by atoms with van der Waals surface area (Å²) in [5.74, 6) is 0.294. The van der Waals surface area contributed by atoms with Crippen LogP contribution in [0.1, 0.15) is 29.5 Å². The lowest BCUT2D eigenvalue weighted by atomic mass is 9.96. The molecule has 2 atom stereocenters. The molecule has 0 aliphatic carbocycles. The average molecular weight is 422 g/mol. The fraction of sp³-hybridized carbons (Fsp3) is 0.524. The summed E-state index contributed by atoms with van der Waals surface area (Å²) in [6, 6.07) is 3.68. The topological polar surface area (TPSA) is 72.7 Å². The number of halogens is 3. The van der Waals surface area contributed by atoms with Crippen LogP contribution in [-0.2, 0) is 12.6 Å². The fourth-order valence-corrected chi connectivity index (χ4v) is 4.62. The van der Waals surface area contributed by atoms with Gasteiger partial charge in [-0.2, -0.15) is 13.2 Å². The van der Waals surface area contributed by atoms with Gasteiger partial charge in [0, 0.05) is 31.2 Å². The molecule has 0 bridgehead atoms. The van der Waals surface area contributed by atoms with Gasteiger partial charge in [0.05, 0.1) is 17.4 Å². The maximum atomic E-state index is 13.0. The Morgan fingerprint density at radius 2 is 1.90 bits per heavy atom. The zero-order valence-corrected chi connectivity index (χ0v) is 16.9. The molecule has 9 heteroatoms. The van der Waals surface area contributed by atoms with Gasteiger partial charge in [-0.1, -0.05) is 0 Å². The van der Waals surface area contributed by atoms with Gasteiger partial charge >= 0.3 is 6.18 Å². The molecule has 1 aromatic carbocycles.